The van der Waals surface area contributed by atoms with E-state index in [2.05, 4.69) is 0 Å². The lowest BCUT2D eigenvalue weighted by atomic mass is 10.1. The molecule has 0 aliphatic carbocycles. The van der Waals surface area contributed by atoms with Crippen molar-refractivity contribution in [2.75, 3.05) is 33.7 Å². The first-order valence-corrected chi connectivity index (χ1v) is 5.57. The van der Waals surface area contributed by atoms with Gasteiger partial charge in [0, 0.05) is 19.1 Å². The number of alkyl halides is 3. The largest absolute Gasteiger partial charge is 0.405 e. The molecule has 6 heteroatoms. The molecule has 100 valence electrons. The van der Waals surface area contributed by atoms with Crippen LogP contribution in [0.1, 0.15) is 13.8 Å². The molecule has 0 aromatic rings. The highest BCUT2D eigenvalue weighted by Crippen LogP contribution is 2.26. The van der Waals surface area contributed by atoms with Crippen LogP contribution < -0.4 is 0 Å². The van der Waals surface area contributed by atoms with Crippen molar-refractivity contribution >= 4 is 0 Å². The van der Waals surface area contributed by atoms with Gasteiger partial charge in [-0.25, -0.2) is 0 Å². The maximum Gasteiger partial charge on any atom is 0.405 e. The maximum absolute atomic E-state index is 12.5. The third-order valence-corrected chi connectivity index (χ3v) is 2.63. The highest BCUT2D eigenvalue weighted by Gasteiger charge is 2.41. The van der Waals surface area contributed by atoms with Gasteiger partial charge in [0.25, 0.3) is 0 Å². The average Bonchev–Trinajstić information content (AvgIpc) is 2.15. The van der Waals surface area contributed by atoms with Crippen LogP contribution in [-0.4, -0.2) is 55.7 Å². The zero-order chi connectivity index (χ0) is 13.6. The van der Waals surface area contributed by atoms with E-state index < -0.39 is 12.1 Å². The van der Waals surface area contributed by atoms with Gasteiger partial charge in [-0.15, -0.1) is 0 Å². The molecule has 0 radical (unpaired) electrons. The van der Waals surface area contributed by atoms with Crippen LogP contribution in [0, 0.1) is 17.2 Å². The van der Waals surface area contributed by atoms with Crippen LogP contribution in [0.5, 0.6) is 0 Å². The number of likely N-dealkylation sites (N-methyl/N-ethyl adjacent to an activating group) is 2. The molecular formula is C11H20F3N3. The van der Waals surface area contributed by atoms with Gasteiger partial charge in [0.15, 0.2) is 5.92 Å². The van der Waals surface area contributed by atoms with Gasteiger partial charge in [0.2, 0.25) is 0 Å². The minimum absolute atomic E-state index is 0.00630. The molecule has 2 atom stereocenters. The molecule has 0 saturated heterocycles. The second-order valence-corrected chi connectivity index (χ2v) is 4.42. The van der Waals surface area contributed by atoms with Crippen molar-refractivity contribution in [3.63, 3.8) is 0 Å². The molecule has 0 amide bonds. The third kappa shape index (κ3) is 5.89. The number of halogens is 3. The predicted octanol–water partition coefficient (Wildman–Crippen LogP) is 1.96. The monoisotopic (exact) mass is 251 g/mol. The summed E-state index contributed by atoms with van der Waals surface area (Å²) in [7, 11) is 3.74. The van der Waals surface area contributed by atoms with E-state index in [4.69, 9.17) is 5.26 Å². The van der Waals surface area contributed by atoms with Gasteiger partial charge in [-0.1, -0.05) is 6.92 Å². The van der Waals surface area contributed by atoms with E-state index >= 15 is 0 Å². The summed E-state index contributed by atoms with van der Waals surface area (Å²) < 4.78 is 37.5. The molecule has 0 aromatic carbocycles. The van der Waals surface area contributed by atoms with Crippen LogP contribution in [0.15, 0.2) is 0 Å². The molecule has 0 bridgehead atoms. The zero-order valence-corrected chi connectivity index (χ0v) is 10.8. The van der Waals surface area contributed by atoms with Crippen LogP contribution in [0.25, 0.3) is 0 Å². The highest BCUT2D eigenvalue weighted by atomic mass is 19.4. The number of rotatable bonds is 6. The Morgan fingerprint density at radius 2 is 1.76 bits per heavy atom. The highest BCUT2D eigenvalue weighted by molar-refractivity contribution is 4.91. The Morgan fingerprint density at radius 1 is 1.24 bits per heavy atom. The number of nitriles is 1. The maximum atomic E-state index is 12.5. The van der Waals surface area contributed by atoms with Gasteiger partial charge in [-0.05, 0) is 27.6 Å². The molecule has 3 nitrogen and oxygen atoms in total. The van der Waals surface area contributed by atoms with Crippen molar-refractivity contribution in [1.82, 2.24) is 9.80 Å². The summed E-state index contributed by atoms with van der Waals surface area (Å²) in [6.07, 6.45) is -4.44. The van der Waals surface area contributed by atoms with Crippen LogP contribution in [0.3, 0.4) is 0 Å². The average molecular weight is 251 g/mol. The minimum Gasteiger partial charge on any atom is -0.308 e. The molecule has 0 saturated carbocycles. The first-order valence-electron chi connectivity index (χ1n) is 5.57. The van der Waals surface area contributed by atoms with Crippen LogP contribution in [-0.2, 0) is 0 Å². The van der Waals surface area contributed by atoms with Gasteiger partial charge in [-0.2, -0.15) is 18.4 Å². The molecular weight excluding hydrogens is 231 g/mol. The molecule has 0 N–H and O–H groups in total. The van der Waals surface area contributed by atoms with Gasteiger partial charge in [0.1, 0.15) is 0 Å². The van der Waals surface area contributed by atoms with E-state index in [9.17, 15) is 13.2 Å². The fourth-order valence-corrected chi connectivity index (χ4v) is 1.72. The molecule has 17 heavy (non-hydrogen) atoms. The van der Waals surface area contributed by atoms with E-state index in [0.29, 0.717) is 13.1 Å². The fourth-order valence-electron chi connectivity index (χ4n) is 1.72. The Hall–Kier alpha value is -0.800. The summed E-state index contributed by atoms with van der Waals surface area (Å²) in [4.78, 5) is 3.60. The van der Waals surface area contributed by atoms with E-state index in [1.165, 1.54) is 6.07 Å². The Bertz CT molecular complexity index is 258. The Balaban J connectivity index is 4.53. The summed E-state index contributed by atoms with van der Waals surface area (Å²) >= 11 is 0. The SMILES string of the molecule is CCN(CC(C#N)C(F)(F)F)C(C)CN(C)C. The van der Waals surface area contributed by atoms with Crippen LogP contribution >= 0.6 is 0 Å². The summed E-state index contributed by atoms with van der Waals surface area (Å²) in [6, 6.07) is 1.33. The lowest BCUT2D eigenvalue weighted by molar-refractivity contribution is -0.164. The van der Waals surface area contributed by atoms with Crippen molar-refractivity contribution in [2.24, 2.45) is 5.92 Å². The number of nitrogens with zero attached hydrogens (tertiary/aromatic N) is 3. The quantitative estimate of drug-likeness (QED) is 0.723. The molecule has 0 aliphatic rings. The molecule has 0 heterocycles. The predicted molar refractivity (Wildman–Crippen MR) is 60.4 cm³/mol. The molecule has 2 unspecified atom stereocenters. The van der Waals surface area contributed by atoms with Crippen molar-refractivity contribution in [3.05, 3.63) is 0 Å². The van der Waals surface area contributed by atoms with Crippen LogP contribution in [0.2, 0.25) is 0 Å². The van der Waals surface area contributed by atoms with Gasteiger partial charge < -0.3 is 4.90 Å². The molecule has 0 spiro atoms. The van der Waals surface area contributed by atoms with Crippen LogP contribution in [0.4, 0.5) is 13.2 Å². The van der Waals surface area contributed by atoms with E-state index in [1.807, 2.05) is 25.9 Å². The molecule has 0 rings (SSSR count). The lowest BCUT2D eigenvalue weighted by Gasteiger charge is -2.31. The smallest absolute Gasteiger partial charge is 0.308 e. The normalized spacial score (nSPS) is 16.0. The standard InChI is InChI=1S/C11H20F3N3/c1-5-17(9(2)7-16(3)4)8-10(6-15)11(12,13)14/h9-10H,5,7-8H2,1-4H3. The van der Waals surface area contributed by atoms with Crippen molar-refractivity contribution in [2.45, 2.75) is 26.1 Å². The molecule has 0 aromatic heterocycles. The summed E-state index contributed by atoms with van der Waals surface area (Å²) in [5.41, 5.74) is 0. The van der Waals surface area contributed by atoms with Gasteiger partial charge in [0.05, 0.1) is 6.07 Å². The molecule has 0 fully saturated rings. The first kappa shape index (κ1) is 16.2. The number of hydrogen-bond acceptors (Lipinski definition) is 3. The Labute approximate surface area is 101 Å². The lowest BCUT2D eigenvalue weighted by Crippen LogP contribution is -2.44. The van der Waals surface area contributed by atoms with E-state index in [-0.39, 0.29) is 12.6 Å². The Morgan fingerprint density at radius 3 is 2.06 bits per heavy atom. The minimum atomic E-state index is -4.44. The molecule has 0 aliphatic heterocycles. The van der Waals surface area contributed by atoms with Crippen molar-refractivity contribution < 1.29 is 13.2 Å². The van der Waals surface area contributed by atoms with Gasteiger partial charge >= 0.3 is 6.18 Å². The summed E-state index contributed by atoms with van der Waals surface area (Å²) in [5, 5.41) is 8.56. The van der Waals surface area contributed by atoms with Gasteiger partial charge in [-0.3, -0.25) is 4.90 Å². The summed E-state index contributed by atoms with van der Waals surface area (Å²) in [6.45, 7) is 4.59. The fraction of sp³-hybridized carbons (Fsp3) is 0.909. The third-order valence-electron chi connectivity index (χ3n) is 2.63. The first-order chi connectivity index (χ1) is 7.72. The second kappa shape index (κ2) is 6.82. The Kier molecular flexibility index (Phi) is 6.50. The number of hydrogen-bond donors (Lipinski definition) is 0. The zero-order valence-electron chi connectivity index (χ0n) is 10.8. The van der Waals surface area contributed by atoms with Crippen molar-refractivity contribution in [1.29, 1.82) is 5.26 Å². The summed E-state index contributed by atoms with van der Waals surface area (Å²) in [5.74, 6) is -1.91. The second-order valence-electron chi connectivity index (χ2n) is 4.42. The van der Waals surface area contributed by atoms with Crippen molar-refractivity contribution in [3.8, 4) is 6.07 Å². The topological polar surface area (TPSA) is 30.3 Å². The van der Waals surface area contributed by atoms with E-state index in [1.54, 1.807) is 11.8 Å². The van der Waals surface area contributed by atoms with E-state index in [0.717, 1.165) is 0 Å².